The molecule has 0 aliphatic rings. The average Bonchev–Trinajstić information content (AvgIpc) is 3.49. The van der Waals surface area contributed by atoms with Crippen LogP contribution < -0.4 is 21.7 Å². The summed E-state index contributed by atoms with van der Waals surface area (Å²) in [7, 11) is 0. The lowest BCUT2D eigenvalue weighted by Gasteiger charge is -2.28. The number of hydrogen-bond donors (Lipinski definition) is 7. The Morgan fingerprint density at radius 1 is 0.857 bits per heavy atom. The fourth-order valence-corrected chi connectivity index (χ4v) is 4.35. The van der Waals surface area contributed by atoms with E-state index in [0.29, 0.717) is 17.7 Å². The SMILES string of the molecule is CCC(C)C(NC(=O)C(N)Cc1cnc[nH]1)C(=O)NC(Cc1ccccc1)C(=O)NC(Cc1ccc(O)cc1)C(=O)O. The van der Waals surface area contributed by atoms with Gasteiger partial charge in [-0.1, -0.05) is 62.7 Å². The van der Waals surface area contributed by atoms with Crippen LogP contribution in [0.4, 0.5) is 0 Å². The summed E-state index contributed by atoms with van der Waals surface area (Å²) in [5.74, 6) is -3.33. The van der Waals surface area contributed by atoms with Crippen LogP contribution in [0.1, 0.15) is 37.1 Å². The zero-order chi connectivity index (χ0) is 30.6. The molecule has 3 rings (SSSR count). The van der Waals surface area contributed by atoms with Crippen LogP contribution in [-0.4, -0.2) is 68.0 Å². The number of nitrogens with zero attached hydrogens (tertiary/aromatic N) is 1. The minimum Gasteiger partial charge on any atom is -0.508 e. The number of carbonyl (C=O) groups is 4. The summed E-state index contributed by atoms with van der Waals surface area (Å²) in [6, 6.07) is 10.6. The molecule has 0 aliphatic heterocycles. The number of imidazole rings is 1. The molecule has 3 amide bonds. The standard InChI is InChI=1S/C30H38N6O6/c1-3-18(2)26(36-27(38)23(31)15-21-16-32-17-33-21)29(40)34-24(13-19-7-5-4-6-8-19)28(39)35-25(30(41)42)14-20-9-11-22(37)12-10-20/h4-12,16-18,23-26,37H,3,13-15,31H2,1-2H3,(H,32,33)(H,34,40)(H,35,39)(H,36,38)(H,41,42). The zero-order valence-corrected chi connectivity index (χ0v) is 23.6. The van der Waals surface area contributed by atoms with Gasteiger partial charge in [0.1, 0.15) is 23.9 Å². The van der Waals surface area contributed by atoms with Gasteiger partial charge in [-0.2, -0.15) is 0 Å². The maximum atomic E-state index is 13.6. The molecule has 0 bridgehead atoms. The van der Waals surface area contributed by atoms with Crippen LogP contribution in [0, 0.1) is 5.92 Å². The Labute approximate surface area is 244 Å². The topological polar surface area (TPSA) is 200 Å². The minimum absolute atomic E-state index is 0.0329. The zero-order valence-electron chi connectivity index (χ0n) is 23.6. The van der Waals surface area contributed by atoms with Gasteiger partial charge < -0.3 is 36.9 Å². The van der Waals surface area contributed by atoms with E-state index in [1.54, 1.807) is 49.5 Å². The number of phenols is 1. The number of H-pyrrole nitrogens is 1. The van der Waals surface area contributed by atoms with Gasteiger partial charge in [-0.15, -0.1) is 0 Å². The summed E-state index contributed by atoms with van der Waals surface area (Å²) in [4.78, 5) is 58.8. The number of hydrogen-bond acceptors (Lipinski definition) is 7. The number of aromatic amines is 1. The molecule has 5 unspecified atom stereocenters. The van der Waals surface area contributed by atoms with E-state index in [2.05, 4.69) is 25.9 Å². The van der Waals surface area contributed by atoms with Crippen molar-refractivity contribution in [2.24, 2.45) is 11.7 Å². The van der Waals surface area contributed by atoms with E-state index >= 15 is 0 Å². The fourth-order valence-electron chi connectivity index (χ4n) is 4.35. The fraction of sp³-hybridized carbons (Fsp3) is 0.367. The van der Waals surface area contributed by atoms with Crippen molar-refractivity contribution < 1.29 is 29.4 Å². The smallest absolute Gasteiger partial charge is 0.326 e. The summed E-state index contributed by atoms with van der Waals surface area (Å²) in [5.41, 5.74) is 8.09. The van der Waals surface area contributed by atoms with Crippen molar-refractivity contribution in [1.29, 1.82) is 0 Å². The van der Waals surface area contributed by atoms with Gasteiger partial charge in [-0.25, -0.2) is 9.78 Å². The molecule has 0 spiro atoms. The Hall–Kier alpha value is -4.71. The second kappa shape index (κ2) is 15.3. The highest BCUT2D eigenvalue weighted by atomic mass is 16.4. The monoisotopic (exact) mass is 578 g/mol. The number of rotatable bonds is 15. The number of amides is 3. The van der Waals surface area contributed by atoms with Gasteiger partial charge in [0.2, 0.25) is 17.7 Å². The molecule has 5 atom stereocenters. The number of nitrogens with two attached hydrogens (primary N) is 1. The number of benzene rings is 2. The van der Waals surface area contributed by atoms with Crippen molar-refractivity contribution in [3.8, 4) is 5.75 Å². The first-order valence-corrected chi connectivity index (χ1v) is 13.8. The van der Waals surface area contributed by atoms with Crippen molar-refractivity contribution in [3.05, 3.63) is 83.9 Å². The Bertz CT molecular complexity index is 1320. The van der Waals surface area contributed by atoms with E-state index in [1.807, 2.05) is 13.0 Å². The van der Waals surface area contributed by atoms with Crippen molar-refractivity contribution in [1.82, 2.24) is 25.9 Å². The number of nitrogens with one attached hydrogen (secondary N) is 4. The van der Waals surface area contributed by atoms with E-state index in [-0.39, 0.29) is 30.9 Å². The summed E-state index contributed by atoms with van der Waals surface area (Å²) in [6.07, 6.45) is 3.84. The molecular formula is C30H38N6O6. The van der Waals surface area contributed by atoms with Crippen LogP contribution in [-0.2, 0) is 38.4 Å². The van der Waals surface area contributed by atoms with Crippen LogP contribution >= 0.6 is 0 Å². The van der Waals surface area contributed by atoms with Crippen LogP contribution in [0.5, 0.6) is 5.75 Å². The highest BCUT2D eigenvalue weighted by Crippen LogP contribution is 2.13. The molecule has 3 aromatic rings. The first kappa shape index (κ1) is 31.8. The second-order valence-electron chi connectivity index (χ2n) is 10.3. The first-order valence-electron chi connectivity index (χ1n) is 13.8. The quantitative estimate of drug-likeness (QED) is 0.139. The molecule has 1 aromatic heterocycles. The van der Waals surface area contributed by atoms with Crippen LogP contribution in [0.2, 0.25) is 0 Å². The number of phenolic OH excluding ortho intramolecular Hbond substituents is 1. The van der Waals surface area contributed by atoms with Crippen molar-refractivity contribution in [2.75, 3.05) is 0 Å². The summed E-state index contributed by atoms with van der Waals surface area (Å²) in [6.45, 7) is 3.67. The number of aromatic hydroxyl groups is 1. The van der Waals surface area contributed by atoms with Crippen molar-refractivity contribution in [3.63, 3.8) is 0 Å². The predicted molar refractivity (Wildman–Crippen MR) is 155 cm³/mol. The lowest BCUT2D eigenvalue weighted by Crippen LogP contribution is -2.59. The van der Waals surface area contributed by atoms with Crippen LogP contribution in [0.25, 0.3) is 0 Å². The van der Waals surface area contributed by atoms with Crippen LogP contribution in [0.3, 0.4) is 0 Å². The predicted octanol–water partition coefficient (Wildman–Crippen LogP) is 1.06. The highest BCUT2D eigenvalue weighted by Gasteiger charge is 2.32. The van der Waals surface area contributed by atoms with Gasteiger partial charge in [0.15, 0.2) is 0 Å². The highest BCUT2D eigenvalue weighted by molar-refractivity contribution is 5.94. The average molecular weight is 579 g/mol. The summed E-state index contributed by atoms with van der Waals surface area (Å²) in [5, 5.41) is 27.3. The molecular weight excluding hydrogens is 540 g/mol. The molecule has 42 heavy (non-hydrogen) atoms. The van der Waals surface area contributed by atoms with Crippen LogP contribution in [0.15, 0.2) is 67.1 Å². The van der Waals surface area contributed by atoms with Gasteiger partial charge in [0.05, 0.1) is 12.4 Å². The number of aromatic nitrogens is 2. The first-order chi connectivity index (χ1) is 20.1. The number of carboxylic acid groups (broad SMARTS) is 1. The molecule has 224 valence electrons. The van der Waals surface area contributed by atoms with E-state index < -0.39 is 47.9 Å². The normalized spacial score (nSPS) is 14.5. The molecule has 2 aromatic carbocycles. The Morgan fingerprint density at radius 2 is 1.48 bits per heavy atom. The maximum absolute atomic E-state index is 13.6. The molecule has 0 radical (unpaired) electrons. The van der Waals surface area contributed by atoms with E-state index in [4.69, 9.17) is 5.73 Å². The largest absolute Gasteiger partial charge is 0.508 e. The number of carbonyl (C=O) groups excluding carboxylic acids is 3. The molecule has 0 saturated carbocycles. The molecule has 0 aliphatic carbocycles. The van der Waals surface area contributed by atoms with Crippen molar-refractivity contribution in [2.45, 2.75) is 63.7 Å². The molecule has 1 heterocycles. The molecule has 12 heteroatoms. The third kappa shape index (κ3) is 9.44. The summed E-state index contributed by atoms with van der Waals surface area (Å²) >= 11 is 0. The Kier molecular flexibility index (Phi) is 11.6. The van der Waals surface area contributed by atoms with Gasteiger partial charge in [-0.05, 0) is 29.2 Å². The molecule has 0 saturated heterocycles. The number of aliphatic carboxylic acids is 1. The van der Waals surface area contributed by atoms with E-state index in [0.717, 1.165) is 5.56 Å². The van der Waals surface area contributed by atoms with E-state index in [9.17, 15) is 29.4 Å². The lowest BCUT2D eigenvalue weighted by atomic mass is 9.96. The van der Waals surface area contributed by atoms with Gasteiger partial charge in [0.25, 0.3) is 0 Å². The van der Waals surface area contributed by atoms with Gasteiger partial charge >= 0.3 is 5.97 Å². The van der Waals surface area contributed by atoms with Crippen molar-refractivity contribution >= 4 is 23.7 Å². The minimum atomic E-state index is -1.29. The third-order valence-corrected chi connectivity index (χ3v) is 7.03. The van der Waals surface area contributed by atoms with E-state index in [1.165, 1.54) is 18.5 Å². The van der Waals surface area contributed by atoms with Gasteiger partial charge in [-0.3, -0.25) is 14.4 Å². The Balaban J connectivity index is 1.77. The molecule has 12 nitrogen and oxygen atoms in total. The molecule has 0 fully saturated rings. The number of carboxylic acids is 1. The summed E-state index contributed by atoms with van der Waals surface area (Å²) < 4.78 is 0. The maximum Gasteiger partial charge on any atom is 0.326 e. The Morgan fingerprint density at radius 3 is 2.07 bits per heavy atom. The molecule has 8 N–H and O–H groups in total. The third-order valence-electron chi connectivity index (χ3n) is 7.03. The lowest BCUT2D eigenvalue weighted by molar-refractivity contribution is -0.142. The van der Waals surface area contributed by atoms with Gasteiger partial charge in [0, 0.05) is 31.2 Å². The second-order valence-corrected chi connectivity index (χ2v) is 10.3.